The summed E-state index contributed by atoms with van der Waals surface area (Å²) in [5, 5.41) is 0. The highest BCUT2D eigenvalue weighted by atomic mass is 32.2. The van der Waals surface area contributed by atoms with Gasteiger partial charge in [0.1, 0.15) is 0 Å². The minimum absolute atomic E-state index is 0.282. The fourth-order valence-electron chi connectivity index (χ4n) is 3.23. The van der Waals surface area contributed by atoms with E-state index in [2.05, 4.69) is 11.8 Å². The Morgan fingerprint density at radius 1 is 1.33 bits per heavy atom. The van der Waals surface area contributed by atoms with E-state index in [1.807, 2.05) is 11.8 Å². The molecule has 2 heterocycles. The molecule has 0 spiro atoms. The van der Waals surface area contributed by atoms with Gasteiger partial charge in [-0.2, -0.15) is 11.8 Å². The van der Waals surface area contributed by atoms with Gasteiger partial charge < -0.3 is 10.6 Å². The SMILES string of the molecule is CC1CCCN(C(=O)CC2CCSCC2)C1CN. The van der Waals surface area contributed by atoms with Crippen molar-refractivity contribution in [2.45, 2.75) is 45.1 Å². The molecular weight excluding hydrogens is 244 g/mol. The topological polar surface area (TPSA) is 46.3 Å². The maximum Gasteiger partial charge on any atom is 0.223 e. The van der Waals surface area contributed by atoms with Gasteiger partial charge in [0.15, 0.2) is 0 Å². The van der Waals surface area contributed by atoms with Crippen molar-refractivity contribution >= 4 is 17.7 Å². The molecule has 2 aliphatic heterocycles. The van der Waals surface area contributed by atoms with E-state index < -0.39 is 0 Å². The van der Waals surface area contributed by atoms with Crippen LogP contribution < -0.4 is 5.73 Å². The van der Waals surface area contributed by atoms with Crippen LogP contribution >= 0.6 is 11.8 Å². The first-order chi connectivity index (χ1) is 8.72. The van der Waals surface area contributed by atoms with E-state index in [0.717, 1.165) is 19.4 Å². The monoisotopic (exact) mass is 270 g/mol. The molecule has 18 heavy (non-hydrogen) atoms. The van der Waals surface area contributed by atoms with Gasteiger partial charge in [0.05, 0.1) is 0 Å². The third-order valence-corrected chi connectivity index (χ3v) is 5.53. The average molecular weight is 270 g/mol. The number of rotatable bonds is 3. The van der Waals surface area contributed by atoms with Gasteiger partial charge in [-0.15, -0.1) is 0 Å². The van der Waals surface area contributed by atoms with Crippen molar-refractivity contribution in [2.75, 3.05) is 24.6 Å². The zero-order valence-corrected chi connectivity index (χ0v) is 12.3. The van der Waals surface area contributed by atoms with E-state index in [9.17, 15) is 4.79 Å². The van der Waals surface area contributed by atoms with Crippen molar-refractivity contribution in [3.05, 3.63) is 0 Å². The van der Waals surface area contributed by atoms with E-state index >= 15 is 0 Å². The molecular formula is C14H26N2OS. The molecule has 0 aromatic heterocycles. The minimum Gasteiger partial charge on any atom is -0.338 e. The zero-order chi connectivity index (χ0) is 13.0. The van der Waals surface area contributed by atoms with Gasteiger partial charge in [0, 0.05) is 25.6 Å². The first kappa shape index (κ1) is 14.2. The van der Waals surface area contributed by atoms with E-state index in [1.165, 1.54) is 30.8 Å². The number of nitrogens with two attached hydrogens (primary N) is 1. The summed E-state index contributed by atoms with van der Waals surface area (Å²) in [6, 6.07) is 0.282. The van der Waals surface area contributed by atoms with Crippen molar-refractivity contribution in [3.63, 3.8) is 0 Å². The van der Waals surface area contributed by atoms with Gasteiger partial charge in [0.2, 0.25) is 5.91 Å². The van der Waals surface area contributed by atoms with Gasteiger partial charge in [0.25, 0.3) is 0 Å². The molecule has 0 radical (unpaired) electrons. The Morgan fingerprint density at radius 3 is 2.72 bits per heavy atom. The van der Waals surface area contributed by atoms with Gasteiger partial charge in [-0.1, -0.05) is 6.92 Å². The summed E-state index contributed by atoms with van der Waals surface area (Å²) >= 11 is 2.02. The summed E-state index contributed by atoms with van der Waals surface area (Å²) in [6.07, 6.45) is 5.54. The molecule has 2 unspecified atom stereocenters. The number of thioether (sulfide) groups is 1. The summed E-state index contributed by atoms with van der Waals surface area (Å²) in [5.41, 5.74) is 5.86. The molecule has 3 nitrogen and oxygen atoms in total. The lowest BCUT2D eigenvalue weighted by Gasteiger charge is -2.40. The van der Waals surface area contributed by atoms with E-state index in [1.54, 1.807) is 0 Å². The molecule has 4 heteroatoms. The van der Waals surface area contributed by atoms with Crippen LogP contribution in [0, 0.1) is 11.8 Å². The summed E-state index contributed by atoms with van der Waals surface area (Å²) in [7, 11) is 0. The standard InChI is InChI=1S/C14H26N2OS/c1-11-3-2-6-16(13(11)10-15)14(17)9-12-4-7-18-8-5-12/h11-13H,2-10,15H2,1H3. The van der Waals surface area contributed by atoms with Gasteiger partial charge in [-0.25, -0.2) is 0 Å². The highest BCUT2D eigenvalue weighted by molar-refractivity contribution is 7.99. The number of carbonyl (C=O) groups is 1. The van der Waals surface area contributed by atoms with Crippen LogP contribution in [0.3, 0.4) is 0 Å². The Labute approximate surface area is 115 Å². The van der Waals surface area contributed by atoms with Crippen molar-refractivity contribution in [2.24, 2.45) is 17.6 Å². The maximum atomic E-state index is 12.4. The molecule has 2 rings (SSSR count). The lowest BCUT2D eigenvalue weighted by Crippen LogP contribution is -2.51. The van der Waals surface area contributed by atoms with Gasteiger partial charge in [-0.3, -0.25) is 4.79 Å². The third-order valence-electron chi connectivity index (χ3n) is 4.48. The summed E-state index contributed by atoms with van der Waals surface area (Å²) in [6.45, 7) is 3.77. The first-order valence-corrected chi connectivity index (χ1v) is 8.45. The van der Waals surface area contributed by atoms with Crippen LogP contribution in [0.4, 0.5) is 0 Å². The fourth-order valence-corrected chi connectivity index (χ4v) is 4.44. The smallest absolute Gasteiger partial charge is 0.223 e. The fraction of sp³-hybridized carbons (Fsp3) is 0.929. The molecule has 2 saturated heterocycles. The second-order valence-electron chi connectivity index (χ2n) is 5.77. The Bertz CT molecular complexity index is 279. The number of hydrogen-bond donors (Lipinski definition) is 1. The normalized spacial score (nSPS) is 30.4. The van der Waals surface area contributed by atoms with Crippen molar-refractivity contribution in [3.8, 4) is 0 Å². The number of nitrogens with zero attached hydrogens (tertiary/aromatic N) is 1. The zero-order valence-electron chi connectivity index (χ0n) is 11.4. The molecule has 0 aromatic carbocycles. The van der Waals surface area contributed by atoms with Crippen LogP contribution in [0.15, 0.2) is 0 Å². The summed E-state index contributed by atoms with van der Waals surface area (Å²) < 4.78 is 0. The molecule has 0 aliphatic carbocycles. The Kier molecular flexibility index (Phi) is 5.37. The average Bonchev–Trinajstić information content (AvgIpc) is 2.39. The molecule has 1 amide bonds. The number of piperidine rings is 1. The van der Waals surface area contributed by atoms with Crippen LogP contribution in [0.2, 0.25) is 0 Å². The Hall–Kier alpha value is -0.220. The van der Waals surface area contributed by atoms with E-state index in [0.29, 0.717) is 24.3 Å². The second-order valence-corrected chi connectivity index (χ2v) is 6.99. The van der Waals surface area contributed by atoms with Crippen molar-refractivity contribution in [1.82, 2.24) is 4.90 Å². The largest absolute Gasteiger partial charge is 0.338 e. The lowest BCUT2D eigenvalue weighted by molar-refractivity contribution is -0.137. The van der Waals surface area contributed by atoms with Crippen molar-refractivity contribution in [1.29, 1.82) is 0 Å². The molecule has 2 fully saturated rings. The van der Waals surface area contributed by atoms with Crippen LogP contribution in [0.5, 0.6) is 0 Å². The number of likely N-dealkylation sites (tertiary alicyclic amines) is 1. The second kappa shape index (κ2) is 6.80. The lowest BCUT2D eigenvalue weighted by atomic mass is 9.89. The van der Waals surface area contributed by atoms with Gasteiger partial charge in [-0.05, 0) is 49.0 Å². The highest BCUT2D eigenvalue weighted by Crippen LogP contribution is 2.28. The summed E-state index contributed by atoms with van der Waals surface area (Å²) in [4.78, 5) is 14.5. The number of hydrogen-bond acceptors (Lipinski definition) is 3. The molecule has 0 bridgehead atoms. The minimum atomic E-state index is 0.282. The maximum absolute atomic E-state index is 12.4. The van der Waals surface area contributed by atoms with E-state index in [-0.39, 0.29) is 6.04 Å². The predicted molar refractivity (Wildman–Crippen MR) is 77.6 cm³/mol. The molecule has 0 saturated carbocycles. The quantitative estimate of drug-likeness (QED) is 0.854. The molecule has 2 atom stereocenters. The first-order valence-electron chi connectivity index (χ1n) is 7.29. The van der Waals surface area contributed by atoms with Crippen LogP contribution in [-0.4, -0.2) is 41.4 Å². The molecule has 2 aliphatic rings. The van der Waals surface area contributed by atoms with E-state index in [4.69, 9.17) is 5.73 Å². The number of amides is 1. The van der Waals surface area contributed by atoms with Crippen LogP contribution in [-0.2, 0) is 4.79 Å². The van der Waals surface area contributed by atoms with Crippen LogP contribution in [0.25, 0.3) is 0 Å². The molecule has 0 aromatic rings. The van der Waals surface area contributed by atoms with Gasteiger partial charge >= 0.3 is 0 Å². The highest BCUT2D eigenvalue weighted by Gasteiger charge is 2.31. The Morgan fingerprint density at radius 2 is 2.06 bits per heavy atom. The number of carbonyl (C=O) groups excluding carboxylic acids is 1. The Balaban J connectivity index is 1.89. The molecule has 104 valence electrons. The van der Waals surface area contributed by atoms with Crippen LogP contribution in [0.1, 0.15) is 39.0 Å². The third kappa shape index (κ3) is 3.41. The predicted octanol–water partition coefficient (Wildman–Crippen LogP) is 2.11. The molecule has 2 N–H and O–H groups in total. The van der Waals surface area contributed by atoms with Crippen molar-refractivity contribution < 1.29 is 4.79 Å². The summed E-state index contributed by atoms with van der Waals surface area (Å²) in [5.74, 6) is 4.00.